The van der Waals surface area contributed by atoms with E-state index >= 15 is 0 Å². The van der Waals surface area contributed by atoms with Gasteiger partial charge in [0.25, 0.3) is 0 Å². The van der Waals surface area contributed by atoms with E-state index in [1.807, 2.05) is 13.0 Å². The van der Waals surface area contributed by atoms with E-state index in [2.05, 4.69) is 51.7 Å². The van der Waals surface area contributed by atoms with Gasteiger partial charge in [-0.15, -0.1) is 24.0 Å². The summed E-state index contributed by atoms with van der Waals surface area (Å²) >= 11 is 0. The van der Waals surface area contributed by atoms with E-state index in [0.29, 0.717) is 5.96 Å². The number of para-hydroxylation sites is 1. The van der Waals surface area contributed by atoms with Gasteiger partial charge in [0.15, 0.2) is 5.96 Å². The Balaban J connectivity index is 0.00000576. The number of amides is 1. The molecule has 0 aliphatic rings. The Labute approximate surface area is 169 Å². The lowest BCUT2D eigenvalue weighted by molar-refractivity contribution is -0.127. The Hall–Kier alpha value is -1.51. The van der Waals surface area contributed by atoms with Gasteiger partial charge in [-0.2, -0.15) is 0 Å². The number of carbonyl (C=O) groups is 1. The number of anilines is 1. The number of hydrogen-bond acceptors (Lipinski definition) is 3. The number of halogens is 1. The molecule has 0 bridgehead atoms. The number of hydrogen-bond donors (Lipinski definition) is 2. The zero-order chi connectivity index (χ0) is 17.8. The Morgan fingerprint density at radius 3 is 2.36 bits per heavy atom. The molecule has 142 valence electrons. The quantitative estimate of drug-likeness (QED) is 0.256. The van der Waals surface area contributed by atoms with Crippen molar-refractivity contribution in [2.75, 3.05) is 51.7 Å². The van der Waals surface area contributed by atoms with E-state index in [-0.39, 0.29) is 36.4 Å². The fraction of sp³-hybridized carbons (Fsp3) is 0.556. The minimum atomic E-state index is -0.00608. The SMILES string of the molecule is CCNC(=NCC(=O)N(C)C)NCCCN(CC)c1ccccc1.I. The summed E-state index contributed by atoms with van der Waals surface area (Å²) in [6.07, 6.45) is 0.995. The number of nitrogens with zero attached hydrogens (tertiary/aromatic N) is 3. The van der Waals surface area contributed by atoms with Gasteiger partial charge in [0, 0.05) is 46.0 Å². The minimum absolute atomic E-state index is 0. The normalized spacial score (nSPS) is 10.6. The van der Waals surface area contributed by atoms with Crippen molar-refractivity contribution in [3.63, 3.8) is 0 Å². The molecule has 6 nitrogen and oxygen atoms in total. The van der Waals surface area contributed by atoms with Crippen LogP contribution in [0.3, 0.4) is 0 Å². The van der Waals surface area contributed by atoms with Crippen molar-refractivity contribution in [3.8, 4) is 0 Å². The number of benzene rings is 1. The molecule has 0 unspecified atom stereocenters. The third kappa shape index (κ3) is 9.52. The smallest absolute Gasteiger partial charge is 0.243 e. The first-order valence-electron chi connectivity index (χ1n) is 8.60. The van der Waals surface area contributed by atoms with E-state index < -0.39 is 0 Å². The number of guanidine groups is 1. The average molecular weight is 461 g/mol. The lowest BCUT2D eigenvalue weighted by atomic mass is 10.2. The third-order valence-corrected chi connectivity index (χ3v) is 3.62. The summed E-state index contributed by atoms with van der Waals surface area (Å²) in [4.78, 5) is 19.8. The van der Waals surface area contributed by atoms with Crippen molar-refractivity contribution >= 4 is 41.5 Å². The van der Waals surface area contributed by atoms with Gasteiger partial charge in [0.1, 0.15) is 6.54 Å². The van der Waals surface area contributed by atoms with Crippen LogP contribution in [0.15, 0.2) is 35.3 Å². The molecular formula is C18H32IN5O. The van der Waals surface area contributed by atoms with Gasteiger partial charge in [-0.1, -0.05) is 18.2 Å². The maximum atomic E-state index is 11.6. The third-order valence-electron chi connectivity index (χ3n) is 3.62. The molecule has 7 heteroatoms. The van der Waals surface area contributed by atoms with Crippen LogP contribution in [-0.2, 0) is 4.79 Å². The molecule has 0 atom stereocenters. The Morgan fingerprint density at radius 1 is 1.12 bits per heavy atom. The molecule has 1 amide bonds. The molecule has 1 aromatic rings. The molecule has 0 saturated heterocycles. The van der Waals surface area contributed by atoms with E-state index in [0.717, 1.165) is 32.6 Å². The highest BCUT2D eigenvalue weighted by atomic mass is 127. The molecular weight excluding hydrogens is 429 g/mol. The first kappa shape index (κ1) is 23.5. The van der Waals surface area contributed by atoms with Gasteiger partial charge in [-0.05, 0) is 32.4 Å². The van der Waals surface area contributed by atoms with Crippen molar-refractivity contribution in [3.05, 3.63) is 30.3 Å². The van der Waals surface area contributed by atoms with Crippen LogP contribution < -0.4 is 15.5 Å². The van der Waals surface area contributed by atoms with Crippen LogP contribution in [0.25, 0.3) is 0 Å². The molecule has 0 radical (unpaired) electrons. The number of nitrogens with one attached hydrogen (secondary N) is 2. The molecule has 2 N–H and O–H groups in total. The highest BCUT2D eigenvalue weighted by molar-refractivity contribution is 14.0. The lowest BCUT2D eigenvalue weighted by Crippen LogP contribution is -2.39. The summed E-state index contributed by atoms with van der Waals surface area (Å²) in [5, 5.41) is 6.45. The van der Waals surface area contributed by atoms with E-state index in [9.17, 15) is 4.79 Å². The first-order chi connectivity index (χ1) is 11.6. The van der Waals surface area contributed by atoms with E-state index in [4.69, 9.17) is 0 Å². The van der Waals surface area contributed by atoms with Crippen molar-refractivity contribution < 1.29 is 4.79 Å². The standard InChI is InChI=1S/C18H31N5O.HI/c1-5-19-18(21-15-17(24)22(3)4)20-13-10-14-23(6-2)16-11-8-7-9-12-16;/h7-9,11-12H,5-6,10,13-15H2,1-4H3,(H2,19,20,21);1H. The van der Waals surface area contributed by atoms with E-state index in [1.54, 1.807) is 19.0 Å². The predicted octanol–water partition coefficient (Wildman–Crippen LogP) is 2.16. The summed E-state index contributed by atoms with van der Waals surface area (Å²) < 4.78 is 0. The number of rotatable bonds is 9. The van der Waals surface area contributed by atoms with Crippen molar-refractivity contribution in [1.82, 2.24) is 15.5 Å². The molecule has 0 saturated carbocycles. The van der Waals surface area contributed by atoms with Gasteiger partial charge in [0.2, 0.25) is 5.91 Å². The first-order valence-corrected chi connectivity index (χ1v) is 8.60. The second-order valence-electron chi connectivity index (χ2n) is 5.68. The molecule has 0 aliphatic carbocycles. The largest absolute Gasteiger partial charge is 0.372 e. The lowest BCUT2D eigenvalue weighted by Gasteiger charge is -2.23. The van der Waals surface area contributed by atoms with Gasteiger partial charge >= 0.3 is 0 Å². The molecule has 1 aromatic carbocycles. The maximum absolute atomic E-state index is 11.6. The topological polar surface area (TPSA) is 60.0 Å². The van der Waals surface area contributed by atoms with Crippen LogP contribution in [0.5, 0.6) is 0 Å². The summed E-state index contributed by atoms with van der Waals surface area (Å²) in [6.45, 7) is 7.88. The predicted molar refractivity (Wildman–Crippen MR) is 117 cm³/mol. The Morgan fingerprint density at radius 2 is 1.80 bits per heavy atom. The summed E-state index contributed by atoms with van der Waals surface area (Å²) in [5.74, 6) is 0.684. The molecule has 0 spiro atoms. The molecule has 1 rings (SSSR count). The Kier molecular flexibility index (Phi) is 12.9. The van der Waals surface area contributed by atoms with Crippen LogP contribution in [0.1, 0.15) is 20.3 Å². The van der Waals surface area contributed by atoms with Gasteiger partial charge in [-0.25, -0.2) is 4.99 Å². The van der Waals surface area contributed by atoms with Gasteiger partial charge in [-0.3, -0.25) is 4.79 Å². The molecule has 0 aliphatic heterocycles. The second kappa shape index (κ2) is 13.7. The van der Waals surface area contributed by atoms with Crippen molar-refractivity contribution in [2.24, 2.45) is 4.99 Å². The molecule has 0 fully saturated rings. The van der Waals surface area contributed by atoms with Crippen LogP contribution in [0.4, 0.5) is 5.69 Å². The zero-order valence-corrected chi connectivity index (χ0v) is 18.1. The minimum Gasteiger partial charge on any atom is -0.372 e. The van der Waals surface area contributed by atoms with Gasteiger partial charge < -0.3 is 20.4 Å². The van der Waals surface area contributed by atoms with Crippen LogP contribution >= 0.6 is 24.0 Å². The fourth-order valence-electron chi connectivity index (χ4n) is 2.22. The highest BCUT2D eigenvalue weighted by Crippen LogP contribution is 2.12. The fourth-order valence-corrected chi connectivity index (χ4v) is 2.22. The van der Waals surface area contributed by atoms with E-state index in [1.165, 1.54) is 5.69 Å². The monoisotopic (exact) mass is 461 g/mol. The summed E-state index contributed by atoms with van der Waals surface area (Å²) in [6, 6.07) is 10.4. The van der Waals surface area contributed by atoms with Crippen LogP contribution in [0, 0.1) is 0 Å². The van der Waals surface area contributed by atoms with Crippen molar-refractivity contribution in [1.29, 1.82) is 0 Å². The second-order valence-corrected chi connectivity index (χ2v) is 5.68. The number of aliphatic imine (C=N–C) groups is 1. The van der Waals surface area contributed by atoms with Crippen LogP contribution in [0.2, 0.25) is 0 Å². The van der Waals surface area contributed by atoms with Crippen LogP contribution in [-0.4, -0.2) is 63.6 Å². The summed E-state index contributed by atoms with van der Waals surface area (Å²) in [7, 11) is 3.47. The number of carbonyl (C=O) groups excluding carboxylic acids is 1. The maximum Gasteiger partial charge on any atom is 0.243 e. The zero-order valence-electron chi connectivity index (χ0n) is 15.8. The Bertz CT molecular complexity index is 507. The molecule has 0 aromatic heterocycles. The van der Waals surface area contributed by atoms with Gasteiger partial charge in [0.05, 0.1) is 0 Å². The highest BCUT2D eigenvalue weighted by Gasteiger charge is 2.05. The molecule has 0 heterocycles. The summed E-state index contributed by atoms with van der Waals surface area (Å²) in [5.41, 5.74) is 1.25. The molecule has 25 heavy (non-hydrogen) atoms. The van der Waals surface area contributed by atoms with Crippen molar-refractivity contribution in [2.45, 2.75) is 20.3 Å². The average Bonchev–Trinajstić information content (AvgIpc) is 2.59. The number of likely N-dealkylation sites (N-methyl/N-ethyl adjacent to an activating group) is 1.